The fourth-order valence-electron chi connectivity index (χ4n) is 4.06. The van der Waals surface area contributed by atoms with E-state index in [2.05, 4.69) is 22.3 Å². The molecule has 3 atom stereocenters. The molecule has 5 heteroatoms. The zero-order valence-electron chi connectivity index (χ0n) is 12.2. The third kappa shape index (κ3) is 2.27. The number of rotatable bonds is 4. The molecule has 3 unspecified atom stereocenters. The van der Waals surface area contributed by atoms with Crippen molar-refractivity contribution >= 4 is 0 Å². The van der Waals surface area contributed by atoms with Crippen LogP contribution in [-0.2, 0) is 0 Å². The van der Waals surface area contributed by atoms with E-state index in [0.717, 1.165) is 56.2 Å². The molecular formula is C15H24N4O. The van der Waals surface area contributed by atoms with E-state index in [1.165, 1.54) is 19.3 Å². The third-order valence-electron chi connectivity index (χ3n) is 5.33. The van der Waals surface area contributed by atoms with Crippen LogP contribution in [0.25, 0.3) is 0 Å². The molecule has 1 N–H and O–H groups in total. The van der Waals surface area contributed by atoms with E-state index < -0.39 is 0 Å². The van der Waals surface area contributed by atoms with Crippen molar-refractivity contribution in [2.45, 2.75) is 44.6 Å². The maximum absolute atomic E-state index is 5.59. The van der Waals surface area contributed by atoms with Crippen molar-refractivity contribution in [3.8, 4) is 0 Å². The highest BCUT2D eigenvalue weighted by Crippen LogP contribution is 2.57. The molecule has 1 saturated heterocycles. The lowest BCUT2D eigenvalue weighted by Crippen LogP contribution is -2.45. The molecule has 0 amide bonds. The standard InChI is InChI=1S/C15H24N4O/c1-2-13(19-5-3-16-4-6-19)14-17-15(20-18-14)12-8-10-7-11(10)9-12/h10-13,16H,2-9H2,1H3. The molecule has 3 fully saturated rings. The second-order valence-electron chi connectivity index (χ2n) is 6.63. The van der Waals surface area contributed by atoms with Gasteiger partial charge < -0.3 is 9.84 Å². The number of aromatic nitrogens is 2. The van der Waals surface area contributed by atoms with Gasteiger partial charge in [-0.1, -0.05) is 12.1 Å². The molecule has 0 aromatic carbocycles. The SMILES string of the molecule is CCC(c1noc(C2CC3CC3C2)n1)N1CCNCC1. The van der Waals surface area contributed by atoms with Crippen molar-refractivity contribution < 1.29 is 4.52 Å². The lowest BCUT2D eigenvalue weighted by molar-refractivity contribution is 0.160. The van der Waals surface area contributed by atoms with Crippen LogP contribution in [0.2, 0.25) is 0 Å². The summed E-state index contributed by atoms with van der Waals surface area (Å²) in [5, 5.41) is 7.70. The Morgan fingerprint density at radius 1 is 1.25 bits per heavy atom. The van der Waals surface area contributed by atoms with Gasteiger partial charge in [0.2, 0.25) is 5.89 Å². The Bertz CT molecular complexity index is 458. The minimum Gasteiger partial charge on any atom is -0.339 e. The van der Waals surface area contributed by atoms with E-state index in [9.17, 15) is 0 Å². The lowest BCUT2D eigenvalue weighted by Gasteiger charge is -2.32. The fourth-order valence-corrected chi connectivity index (χ4v) is 4.06. The van der Waals surface area contributed by atoms with Gasteiger partial charge in [-0.05, 0) is 37.5 Å². The minimum absolute atomic E-state index is 0.325. The molecule has 3 aliphatic rings. The number of fused-ring (bicyclic) bond motifs is 1. The topological polar surface area (TPSA) is 54.2 Å². The summed E-state index contributed by atoms with van der Waals surface area (Å²) in [6.07, 6.45) is 5.04. The highest BCUT2D eigenvalue weighted by molar-refractivity contribution is 5.08. The Morgan fingerprint density at radius 3 is 2.70 bits per heavy atom. The van der Waals surface area contributed by atoms with Crippen LogP contribution in [0.15, 0.2) is 4.52 Å². The number of piperazine rings is 1. The first kappa shape index (κ1) is 12.8. The highest BCUT2D eigenvalue weighted by Gasteiger charge is 2.48. The number of nitrogens with zero attached hydrogens (tertiary/aromatic N) is 3. The van der Waals surface area contributed by atoms with E-state index in [0.29, 0.717) is 12.0 Å². The summed E-state index contributed by atoms with van der Waals surface area (Å²) in [5.41, 5.74) is 0. The van der Waals surface area contributed by atoms with Gasteiger partial charge in [0.15, 0.2) is 5.82 Å². The third-order valence-corrected chi connectivity index (χ3v) is 5.33. The van der Waals surface area contributed by atoms with E-state index in [4.69, 9.17) is 9.51 Å². The molecule has 4 rings (SSSR count). The predicted molar refractivity (Wildman–Crippen MR) is 75.3 cm³/mol. The van der Waals surface area contributed by atoms with Gasteiger partial charge in [0.25, 0.3) is 0 Å². The Kier molecular flexibility index (Phi) is 3.27. The van der Waals surface area contributed by atoms with Crippen LogP contribution in [0.5, 0.6) is 0 Å². The zero-order valence-corrected chi connectivity index (χ0v) is 12.2. The molecule has 0 bridgehead atoms. The number of nitrogens with one attached hydrogen (secondary N) is 1. The molecule has 1 aromatic rings. The summed E-state index contributed by atoms with van der Waals surface area (Å²) in [4.78, 5) is 7.24. The fraction of sp³-hybridized carbons (Fsp3) is 0.867. The summed E-state index contributed by atoms with van der Waals surface area (Å²) in [5.74, 6) is 4.28. The maximum Gasteiger partial charge on any atom is 0.229 e. The summed E-state index contributed by atoms with van der Waals surface area (Å²) in [6.45, 7) is 6.50. The Labute approximate surface area is 120 Å². The van der Waals surface area contributed by atoms with Gasteiger partial charge in [0.1, 0.15) is 0 Å². The normalized spacial score (nSPS) is 35.0. The summed E-state index contributed by atoms with van der Waals surface area (Å²) in [6, 6.07) is 0.325. The molecule has 2 saturated carbocycles. The van der Waals surface area contributed by atoms with Gasteiger partial charge in [-0.25, -0.2) is 0 Å². The number of hydrogen-bond donors (Lipinski definition) is 1. The Balaban J connectivity index is 1.47. The van der Waals surface area contributed by atoms with Gasteiger partial charge in [-0.15, -0.1) is 0 Å². The monoisotopic (exact) mass is 276 g/mol. The van der Waals surface area contributed by atoms with Crippen LogP contribution < -0.4 is 5.32 Å². The van der Waals surface area contributed by atoms with Gasteiger partial charge in [0, 0.05) is 32.1 Å². The molecule has 1 aromatic heterocycles. The van der Waals surface area contributed by atoms with Crippen molar-refractivity contribution in [2.24, 2.45) is 11.8 Å². The van der Waals surface area contributed by atoms with Crippen LogP contribution in [0, 0.1) is 11.8 Å². The maximum atomic E-state index is 5.59. The first-order valence-corrected chi connectivity index (χ1v) is 8.13. The Morgan fingerprint density at radius 2 is 2.00 bits per heavy atom. The molecule has 110 valence electrons. The van der Waals surface area contributed by atoms with Crippen LogP contribution in [0.1, 0.15) is 56.3 Å². The van der Waals surface area contributed by atoms with Crippen LogP contribution in [0.3, 0.4) is 0 Å². The second-order valence-corrected chi connectivity index (χ2v) is 6.63. The molecule has 2 aliphatic carbocycles. The first-order valence-electron chi connectivity index (χ1n) is 8.13. The smallest absolute Gasteiger partial charge is 0.229 e. The van der Waals surface area contributed by atoms with Gasteiger partial charge >= 0.3 is 0 Å². The summed E-state index contributed by atoms with van der Waals surface area (Å²) < 4.78 is 5.59. The van der Waals surface area contributed by atoms with Crippen LogP contribution >= 0.6 is 0 Å². The highest BCUT2D eigenvalue weighted by atomic mass is 16.5. The predicted octanol–water partition coefficient (Wildman–Crippen LogP) is 1.94. The van der Waals surface area contributed by atoms with Gasteiger partial charge in [-0.2, -0.15) is 4.98 Å². The van der Waals surface area contributed by atoms with Crippen molar-refractivity contribution in [1.29, 1.82) is 0 Å². The number of hydrogen-bond acceptors (Lipinski definition) is 5. The summed E-state index contributed by atoms with van der Waals surface area (Å²) >= 11 is 0. The summed E-state index contributed by atoms with van der Waals surface area (Å²) in [7, 11) is 0. The molecule has 1 aliphatic heterocycles. The average molecular weight is 276 g/mol. The molecule has 5 nitrogen and oxygen atoms in total. The average Bonchev–Trinajstić information content (AvgIpc) is 2.92. The van der Waals surface area contributed by atoms with Crippen LogP contribution in [0.4, 0.5) is 0 Å². The van der Waals surface area contributed by atoms with Crippen LogP contribution in [-0.4, -0.2) is 41.2 Å². The quantitative estimate of drug-likeness (QED) is 0.911. The van der Waals surface area contributed by atoms with Gasteiger partial charge in [-0.3, -0.25) is 4.90 Å². The molecule has 0 radical (unpaired) electrons. The molecule has 20 heavy (non-hydrogen) atoms. The first-order chi connectivity index (χ1) is 9.85. The van der Waals surface area contributed by atoms with Gasteiger partial charge in [0.05, 0.1) is 6.04 Å². The van der Waals surface area contributed by atoms with Crippen molar-refractivity contribution in [3.63, 3.8) is 0 Å². The Hall–Kier alpha value is -0.940. The molecular weight excluding hydrogens is 252 g/mol. The van der Waals surface area contributed by atoms with Crippen molar-refractivity contribution in [2.75, 3.05) is 26.2 Å². The van der Waals surface area contributed by atoms with E-state index in [1.807, 2.05) is 0 Å². The minimum atomic E-state index is 0.325. The zero-order chi connectivity index (χ0) is 13.5. The molecule has 0 spiro atoms. The van der Waals surface area contributed by atoms with E-state index in [-0.39, 0.29) is 0 Å². The van der Waals surface area contributed by atoms with E-state index >= 15 is 0 Å². The van der Waals surface area contributed by atoms with Crippen molar-refractivity contribution in [3.05, 3.63) is 11.7 Å². The largest absolute Gasteiger partial charge is 0.339 e. The lowest BCUT2D eigenvalue weighted by atomic mass is 10.0. The second kappa shape index (κ2) is 5.11. The van der Waals surface area contributed by atoms with E-state index in [1.54, 1.807) is 0 Å². The molecule has 2 heterocycles. The van der Waals surface area contributed by atoms with Crippen molar-refractivity contribution in [1.82, 2.24) is 20.4 Å².